The van der Waals surface area contributed by atoms with Gasteiger partial charge in [0.05, 0.1) is 0 Å². The Morgan fingerprint density at radius 2 is 2.15 bits per heavy atom. The summed E-state index contributed by atoms with van der Waals surface area (Å²) in [7, 11) is 0. The first-order valence-corrected chi connectivity index (χ1v) is 7.73. The second-order valence-corrected chi connectivity index (χ2v) is 6.31. The summed E-state index contributed by atoms with van der Waals surface area (Å²) in [4.78, 5) is 14.0. The fraction of sp³-hybridized carbons (Fsp3) is 0.588. The lowest BCUT2D eigenvalue weighted by Gasteiger charge is -2.41. The molecule has 1 aromatic rings. The van der Waals surface area contributed by atoms with Gasteiger partial charge in [-0.05, 0) is 36.8 Å². The van der Waals surface area contributed by atoms with Crippen molar-refractivity contribution in [1.29, 1.82) is 0 Å². The minimum atomic E-state index is -0.711. The van der Waals surface area contributed by atoms with Crippen LogP contribution in [0.2, 0.25) is 0 Å². The van der Waals surface area contributed by atoms with Crippen molar-refractivity contribution in [3.05, 3.63) is 35.4 Å². The Morgan fingerprint density at radius 1 is 1.40 bits per heavy atom. The minimum Gasteiger partial charge on any atom is -0.480 e. The van der Waals surface area contributed by atoms with Crippen LogP contribution in [0.4, 0.5) is 0 Å². The monoisotopic (exact) mass is 273 g/mol. The third kappa shape index (κ3) is 2.47. The van der Waals surface area contributed by atoms with E-state index in [-0.39, 0.29) is 0 Å². The molecule has 3 nitrogen and oxygen atoms in total. The maximum absolute atomic E-state index is 11.8. The highest BCUT2D eigenvalue weighted by atomic mass is 16.4. The first kappa shape index (κ1) is 13.6. The molecule has 1 N–H and O–H groups in total. The number of nitrogens with zero attached hydrogens (tertiary/aromatic N) is 1. The third-order valence-corrected chi connectivity index (χ3v) is 5.02. The average molecular weight is 273 g/mol. The minimum absolute atomic E-state index is 0.356. The first-order chi connectivity index (χ1) is 9.66. The van der Waals surface area contributed by atoms with E-state index in [4.69, 9.17) is 0 Å². The molecular formula is C17H23NO2. The highest BCUT2D eigenvalue weighted by Crippen LogP contribution is 2.36. The van der Waals surface area contributed by atoms with Gasteiger partial charge in [0.2, 0.25) is 0 Å². The lowest BCUT2D eigenvalue weighted by molar-refractivity contribution is -0.145. The number of aliphatic carboxylic acids is 1. The van der Waals surface area contributed by atoms with Gasteiger partial charge in [0.15, 0.2) is 0 Å². The Labute approximate surface area is 120 Å². The zero-order chi connectivity index (χ0) is 14.1. The van der Waals surface area contributed by atoms with Gasteiger partial charge in [-0.1, -0.05) is 43.5 Å². The number of benzene rings is 1. The van der Waals surface area contributed by atoms with E-state index >= 15 is 0 Å². The quantitative estimate of drug-likeness (QED) is 0.915. The van der Waals surface area contributed by atoms with Crippen molar-refractivity contribution in [2.24, 2.45) is 5.92 Å². The lowest BCUT2D eigenvalue weighted by atomic mass is 9.80. The molecule has 1 fully saturated rings. The summed E-state index contributed by atoms with van der Waals surface area (Å²) >= 11 is 0. The fourth-order valence-corrected chi connectivity index (χ4v) is 3.68. The van der Waals surface area contributed by atoms with Crippen LogP contribution in [0.25, 0.3) is 0 Å². The topological polar surface area (TPSA) is 40.5 Å². The zero-order valence-electron chi connectivity index (χ0n) is 12.1. The van der Waals surface area contributed by atoms with E-state index < -0.39 is 12.0 Å². The molecule has 0 radical (unpaired) electrons. The number of carbonyl (C=O) groups is 1. The predicted octanol–water partition coefficient (Wildman–Crippen LogP) is 3.25. The standard InChI is InChI=1S/C17H23NO2/c1-12(11-13-5-4-6-13)18-10-9-14-7-2-3-8-15(14)16(18)17(19)20/h2-3,7-8,12-13,16H,4-6,9-11H2,1H3,(H,19,20). The van der Waals surface area contributed by atoms with Gasteiger partial charge in [0.25, 0.3) is 0 Å². The van der Waals surface area contributed by atoms with Crippen molar-refractivity contribution in [3.63, 3.8) is 0 Å². The molecule has 2 unspecified atom stereocenters. The summed E-state index contributed by atoms with van der Waals surface area (Å²) in [5.74, 6) is 0.106. The van der Waals surface area contributed by atoms with Gasteiger partial charge in [0, 0.05) is 12.6 Å². The summed E-state index contributed by atoms with van der Waals surface area (Å²) in [6.07, 6.45) is 6.11. The molecule has 1 aliphatic carbocycles. The van der Waals surface area contributed by atoms with Crippen LogP contribution in [0.15, 0.2) is 24.3 Å². The summed E-state index contributed by atoms with van der Waals surface area (Å²) in [6.45, 7) is 3.06. The number of rotatable bonds is 4. The Kier molecular flexibility index (Phi) is 3.79. The molecular weight excluding hydrogens is 250 g/mol. The molecule has 3 rings (SSSR count). The van der Waals surface area contributed by atoms with Crippen molar-refractivity contribution in [2.75, 3.05) is 6.54 Å². The van der Waals surface area contributed by atoms with E-state index in [1.54, 1.807) is 0 Å². The lowest BCUT2D eigenvalue weighted by Crippen LogP contribution is -2.45. The molecule has 108 valence electrons. The average Bonchev–Trinajstić information content (AvgIpc) is 2.41. The van der Waals surface area contributed by atoms with Gasteiger partial charge in [0.1, 0.15) is 6.04 Å². The van der Waals surface area contributed by atoms with Crippen molar-refractivity contribution in [2.45, 2.75) is 51.1 Å². The molecule has 20 heavy (non-hydrogen) atoms. The van der Waals surface area contributed by atoms with Crippen LogP contribution in [0.3, 0.4) is 0 Å². The number of carboxylic acid groups (broad SMARTS) is 1. The molecule has 0 amide bonds. The molecule has 1 aromatic carbocycles. The van der Waals surface area contributed by atoms with Gasteiger partial charge in [-0.15, -0.1) is 0 Å². The molecule has 0 aromatic heterocycles. The fourth-order valence-electron chi connectivity index (χ4n) is 3.68. The Balaban J connectivity index is 1.82. The molecule has 1 saturated carbocycles. The van der Waals surface area contributed by atoms with Crippen LogP contribution >= 0.6 is 0 Å². The molecule has 0 saturated heterocycles. The van der Waals surface area contributed by atoms with E-state index in [2.05, 4.69) is 17.9 Å². The molecule has 2 aliphatic rings. The Hall–Kier alpha value is -1.35. The zero-order valence-corrected chi connectivity index (χ0v) is 12.1. The molecule has 0 spiro atoms. The van der Waals surface area contributed by atoms with E-state index in [0.717, 1.165) is 30.9 Å². The van der Waals surface area contributed by atoms with E-state index in [1.807, 2.05) is 18.2 Å². The van der Waals surface area contributed by atoms with Crippen molar-refractivity contribution >= 4 is 5.97 Å². The van der Waals surface area contributed by atoms with Crippen molar-refractivity contribution in [1.82, 2.24) is 4.90 Å². The maximum atomic E-state index is 11.8. The number of hydrogen-bond donors (Lipinski definition) is 1. The number of fused-ring (bicyclic) bond motifs is 1. The van der Waals surface area contributed by atoms with Gasteiger partial charge < -0.3 is 5.11 Å². The van der Waals surface area contributed by atoms with Crippen LogP contribution in [0.5, 0.6) is 0 Å². The smallest absolute Gasteiger partial charge is 0.325 e. The molecule has 0 bridgehead atoms. The van der Waals surface area contributed by atoms with Crippen molar-refractivity contribution < 1.29 is 9.90 Å². The second kappa shape index (κ2) is 5.57. The largest absolute Gasteiger partial charge is 0.480 e. The first-order valence-electron chi connectivity index (χ1n) is 7.73. The second-order valence-electron chi connectivity index (χ2n) is 6.31. The van der Waals surface area contributed by atoms with Crippen LogP contribution in [-0.4, -0.2) is 28.6 Å². The highest BCUT2D eigenvalue weighted by molar-refractivity contribution is 5.76. The van der Waals surface area contributed by atoms with Gasteiger partial charge in [-0.25, -0.2) is 0 Å². The van der Waals surface area contributed by atoms with Crippen LogP contribution in [0, 0.1) is 5.92 Å². The van der Waals surface area contributed by atoms with Gasteiger partial charge in [-0.3, -0.25) is 9.69 Å². The Morgan fingerprint density at radius 3 is 2.80 bits per heavy atom. The van der Waals surface area contributed by atoms with Crippen LogP contribution in [0.1, 0.15) is 49.8 Å². The number of carboxylic acids is 1. The van der Waals surface area contributed by atoms with Crippen LogP contribution in [-0.2, 0) is 11.2 Å². The van der Waals surface area contributed by atoms with Gasteiger partial charge in [-0.2, -0.15) is 0 Å². The molecule has 3 heteroatoms. The third-order valence-electron chi connectivity index (χ3n) is 5.02. The summed E-state index contributed by atoms with van der Waals surface area (Å²) in [6, 6.07) is 7.90. The summed E-state index contributed by atoms with van der Waals surface area (Å²) < 4.78 is 0. The molecule has 1 aliphatic heterocycles. The number of hydrogen-bond acceptors (Lipinski definition) is 2. The van der Waals surface area contributed by atoms with E-state index in [1.165, 1.54) is 24.8 Å². The summed E-state index contributed by atoms with van der Waals surface area (Å²) in [5.41, 5.74) is 2.19. The van der Waals surface area contributed by atoms with Gasteiger partial charge >= 0.3 is 5.97 Å². The van der Waals surface area contributed by atoms with E-state index in [0.29, 0.717) is 6.04 Å². The SMILES string of the molecule is CC(CC1CCC1)N1CCc2ccccc2C1C(=O)O. The molecule has 1 heterocycles. The van der Waals surface area contributed by atoms with E-state index in [9.17, 15) is 9.90 Å². The van der Waals surface area contributed by atoms with Crippen LogP contribution < -0.4 is 0 Å². The molecule has 2 atom stereocenters. The predicted molar refractivity (Wildman–Crippen MR) is 78.6 cm³/mol. The highest BCUT2D eigenvalue weighted by Gasteiger charge is 2.36. The van der Waals surface area contributed by atoms with Crippen molar-refractivity contribution in [3.8, 4) is 0 Å². The maximum Gasteiger partial charge on any atom is 0.325 e. The Bertz CT molecular complexity index is 496. The summed E-state index contributed by atoms with van der Waals surface area (Å²) in [5, 5.41) is 9.67. The normalized spacial score (nSPS) is 24.8.